The van der Waals surface area contributed by atoms with E-state index < -0.39 is 0 Å². The van der Waals surface area contributed by atoms with Crippen molar-refractivity contribution < 1.29 is 14.3 Å². The topological polar surface area (TPSA) is 71.5 Å². The average molecular weight is 339 g/mol. The second-order valence-electron chi connectivity index (χ2n) is 5.46. The number of aromatic nitrogens is 1. The lowest BCUT2D eigenvalue weighted by Crippen LogP contribution is -2.27. The Morgan fingerprint density at radius 3 is 2.56 bits per heavy atom. The number of rotatable bonds is 6. The number of carbonyl (C=O) groups excluding carboxylic acids is 2. The van der Waals surface area contributed by atoms with Gasteiger partial charge in [0.15, 0.2) is 0 Å². The number of methoxy groups -OCH3 is 1. The van der Waals surface area contributed by atoms with Crippen LogP contribution in [0.25, 0.3) is 0 Å². The van der Waals surface area contributed by atoms with Crippen LogP contribution in [0.4, 0.5) is 5.69 Å². The van der Waals surface area contributed by atoms with E-state index in [1.807, 2.05) is 13.0 Å². The molecule has 0 radical (unpaired) electrons. The molecular formula is C19H21N3O3. The molecule has 0 aliphatic heterocycles. The molecule has 25 heavy (non-hydrogen) atoms. The molecule has 0 aliphatic rings. The lowest BCUT2D eigenvalue weighted by molar-refractivity contribution is -0.113. The molecule has 0 saturated carbocycles. The third-order valence-corrected chi connectivity index (χ3v) is 3.87. The predicted molar refractivity (Wildman–Crippen MR) is 96.7 cm³/mol. The number of anilines is 1. The van der Waals surface area contributed by atoms with Gasteiger partial charge in [-0.05, 0) is 43.3 Å². The molecule has 1 aromatic heterocycles. The molecule has 0 aliphatic carbocycles. The summed E-state index contributed by atoms with van der Waals surface area (Å²) in [6.45, 7) is 5.33. The van der Waals surface area contributed by atoms with Gasteiger partial charge in [0.1, 0.15) is 5.75 Å². The van der Waals surface area contributed by atoms with Gasteiger partial charge in [-0.1, -0.05) is 6.58 Å². The summed E-state index contributed by atoms with van der Waals surface area (Å²) in [7, 11) is 3.21. The van der Waals surface area contributed by atoms with Crippen LogP contribution >= 0.6 is 0 Å². The van der Waals surface area contributed by atoms with Crippen molar-refractivity contribution in [2.75, 3.05) is 19.1 Å². The molecule has 2 amide bonds. The fraction of sp³-hybridized carbons (Fsp3) is 0.211. The normalized spacial score (nSPS) is 11.3. The van der Waals surface area contributed by atoms with Gasteiger partial charge in [0.05, 0.1) is 19.3 Å². The van der Waals surface area contributed by atoms with Gasteiger partial charge in [-0.2, -0.15) is 0 Å². The number of benzene rings is 1. The predicted octanol–water partition coefficient (Wildman–Crippen LogP) is 2.73. The summed E-state index contributed by atoms with van der Waals surface area (Å²) < 4.78 is 5.27. The zero-order chi connectivity index (χ0) is 18.4. The molecule has 1 atom stereocenters. The highest BCUT2D eigenvalue weighted by molar-refractivity contribution is 6.01. The second-order valence-corrected chi connectivity index (χ2v) is 5.46. The van der Waals surface area contributed by atoms with E-state index in [0.29, 0.717) is 17.0 Å². The summed E-state index contributed by atoms with van der Waals surface area (Å²) in [5.41, 5.74) is 2.03. The molecule has 0 saturated heterocycles. The van der Waals surface area contributed by atoms with Crippen molar-refractivity contribution in [2.24, 2.45) is 0 Å². The van der Waals surface area contributed by atoms with Crippen LogP contribution in [0, 0.1) is 0 Å². The van der Waals surface area contributed by atoms with Crippen LogP contribution < -0.4 is 15.0 Å². The molecule has 0 fully saturated rings. The maximum absolute atomic E-state index is 12.4. The summed E-state index contributed by atoms with van der Waals surface area (Å²) in [5, 5.41) is 2.93. The van der Waals surface area contributed by atoms with E-state index in [1.165, 1.54) is 11.0 Å². The number of nitrogens with zero attached hydrogens (tertiary/aromatic N) is 2. The van der Waals surface area contributed by atoms with E-state index >= 15 is 0 Å². The minimum absolute atomic E-state index is 0.212. The lowest BCUT2D eigenvalue weighted by atomic mass is 10.1. The van der Waals surface area contributed by atoms with Gasteiger partial charge in [-0.25, -0.2) is 0 Å². The second kappa shape index (κ2) is 8.10. The largest absolute Gasteiger partial charge is 0.495 e. The van der Waals surface area contributed by atoms with Crippen molar-refractivity contribution in [1.29, 1.82) is 0 Å². The molecule has 1 N–H and O–H groups in total. The van der Waals surface area contributed by atoms with Crippen LogP contribution in [0.2, 0.25) is 0 Å². The summed E-state index contributed by atoms with van der Waals surface area (Å²) in [6, 6.07) is 8.35. The first kappa shape index (κ1) is 18.2. The van der Waals surface area contributed by atoms with Crippen molar-refractivity contribution in [3.05, 3.63) is 66.5 Å². The van der Waals surface area contributed by atoms with Gasteiger partial charge in [0, 0.05) is 30.1 Å². The molecule has 130 valence electrons. The summed E-state index contributed by atoms with van der Waals surface area (Å²) >= 11 is 0. The number of hydrogen-bond acceptors (Lipinski definition) is 4. The summed E-state index contributed by atoms with van der Waals surface area (Å²) in [4.78, 5) is 29.5. The van der Waals surface area contributed by atoms with E-state index in [0.717, 1.165) is 5.56 Å². The Morgan fingerprint density at radius 1 is 1.28 bits per heavy atom. The van der Waals surface area contributed by atoms with Crippen LogP contribution in [-0.2, 0) is 4.79 Å². The van der Waals surface area contributed by atoms with Gasteiger partial charge in [0.25, 0.3) is 5.91 Å². The minimum Gasteiger partial charge on any atom is -0.495 e. The van der Waals surface area contributed by atoms with Crippen LogP contribution in [0.3, 0.4) is 0 Å². The van der Waals surface area contributed by atoms with E-state index in [-0.39, 0.29) is 17.9 Å². The number of hydrogen-bond donors (Lipinski definition) is 1. The SMILES string of the molecule is C=CC(=O)N(C)c1ccc(C(=O)NC(C)c2ccncc2OC)cc1. The molecular weight excluding hydrogens is 318 g/mol. The van der Waals surface area contributed by atoms with Crippen LogP contribution in [0.15, 0.2) is 55.4 Å². The first-order valence-electron chi connectivity index (χ1n) is 7.77. The molecule has 6 heteroatoms. The van der Waals surface area contributed by atoms with Crippen molar-refractivity contribution in [1.82, 2.24) is 10.3 Å². The quantitative estimate of drug-likeness (QED) is 0.822. The molecule has 2 rings (SSSR count). The Bertz CT molecular complexity index is 772. The van der Waals surface area contributed by atoms with Crippen molar-refractivity contribution in [3.63, 3.8) is 0 Å². The average Bonchev–Trinajstić information content (AvgIpc) is 2.66. The fourth-order valence-electron chi connectivity index (χ4n) is 2.38. The monoisotopic (exact) mass is 339 g/mol. The van der Waals surface area contributed by atoms with E-state index in [2.05, 4.69) is 16.9 Å². The smallest absolute Gasteiger partial charge is 0.251 e. The Balaban J connectivity index is 2.10. The van der Waals surface area contributed by atoms with Gasteiger partial charge in [0.2, 0.25) is 5.91 Å². The minimum atomic E-state index is -0.241. The van der Waals surface area contributed by atoms with Gasteiger partial charge < -0.3 is 15.0 Å². The fourth-order valence-corrected chi connectivity index (χ4v) is 2.38. The Hall–Kier alpha value is -3.15. The molecule has 1 aromatic carbocycles. The lowest BCUT2D eigenvalue weighted by Gasteiger charge is -2.18. The Morgan fingerprint density at radius 2 is 1.96 bits per heavy atom. The number of likely N-dealkylation sites (N-methyl/N-ethyl adjacent to an activating group) is 1. The van der Waals surface area contributed by atoms with E-state index in [1.54, 1.807) is 50.8 Å². The number of amides is 2. The zero-order valence-electron chi connectivity index (χ0n) is 14.5. The third kappa shape index (κ3) is 4.23. The standard InChI is InChI=1S/C19H21N3O3/c1-5-18(23)22(3)15-8-6-14(7-9-15)19(24)21-13(2)16-10-11-20-12-17(16)25-4/h5-13H,1H2,2-4H3,(H,21,24). The molecule has 0 bridgehead atoms. The van der Waals surface area contributed by atoms with Gasteiger partial charge in [-0.3, -0.25) is 14.6 Å². The van der Waals surface area contributed by atoms with Gasteiger partial charge in [-0.15, -0.1) is 0 Å². The van der Waals surface area contributed by atoms with Gasteiger partial charge >= 0.3 is 0 Å². The molecule has 1 heterocycles. The first-order valence-corrected chi connectivity index (χ1v) is 7.77. The molecule has 2 aromatic rings. The van der Waals surface area contributed by atoms with Crippen molar-refractivity contribution >= 4 is 17.5 Å². The summed E-state index contributed by atoms with van der Waals surface area (Å²) in [6.07, 6.45) is 4.51. The highest BCUT2D eigenvalue weighted by Crippen LogP contribution is 2.23. The maximum atomic E-state index is 12.4. The molecule has 0 spiro atoms. The zero-order valence-corrected chi connectivity index (χ0v) is 14.5. The van der Waals surface area contributed by atoms with E-state index in [9.17, 15) is 9.59 Å². The van der Waals surface area contributed by atoms with Crippen molar-refractivity contribution in [2.45, 2.75) is 13.0 Å². The summed E-state index contributed by atoms with van der Waals surface area (Å²) in [5.74, 6) is 0.196. The Labute approximate surface area is 147 Å². The number of nitrogens with one attached hydrogen (secondary N) is 1. The van der Waals surface area contributed by atoms with Crippen LogP contribution in [0.5, 0.6) is 5.75 Å². The van der Waals surface area contributed by atoms with E-state index in [4.69, 9.17) is 4.74 Å². The third-order valence-electron chi connectivity index (χ3n) is 3.87. The van der Waals surface area contributed by atoms with Crippen molar-refractivity contribution in [3.8, 4) is 5.75 Å². The Kier molecular flexibility index (Phi) is 5.89. The highest BCUT2D eigenvalue weighted by atomic mass is 16.5. The maximum Gasteiger partial charge on any atom is 0.251 e. The number of carbonyl (C=O) groups is 2. The number of ether oxygens (including phenoxy) is 1. The van der Waals surface area contributed by atoms with Crippen LogP contribution in [0.1, 0.15) is 28.9 Å². The number of pyridine rings is 1. The van der Waals surface area contributed by atoms with Crippen LogP contribution in [-0.4, -0.2) is 31.0 Å². The first-order chi connectivity index (χ1) is 12.0. The highest BCUT2D eigenvalue weighted by Gasteiger charge is 2.15. The molecule has 1 unspecified atom stereocenters. The molecule has 6 nitrogen and oxygen atoms in total.